The van der Waals surface area contributed by atoms with Gasteiger partial charge in [0.2, 0.25) is 0 Å². The monoisotopic (exact) mass is 188 g/mol. The van der Waals surface area contributed by atoms with Crippen LogP contribution in [-0.4, -0.2) is 5.11 Å². The highest BCUT2D eigenvalue weighted by Gasteiger charge is 2.05. The van der Waals surface area contributed by atoms with Gasteiger partial charge in [-0.25, -0.2) is 0 Å². The van der Waals surface area contributed by atoms with Crippen LogP contribution >= 0.6 is 0 Å². The number of allylic oxidation sites excluding steroid dienone is 2. The van der Waals surface area contributed by atoms with Crippen LogP contribution in [0.1, 0.15) is 36.8 Å². The fourth-order valence-electron chi connectivity index (χ4n) is 1.92. The number of benzene rings is 1. The van der Waals surface area contributed by atoms with E-state index in [2.05, 4.69) is 18.2 Å². The van der Waals surface area contributed by atoms with Crippen LogP contribution in [0.2, 0.25) is 0 Å². The summed E-state index contributed by atoms with van der Waals surface area (Å²) in [5.74, 6) is 0. The zero-order valence-corrected chi connectivity index (χ0v) is 8.37. The molecule has 14 heavy (non-hydrogen) atoms. The van der Waals surface area contributed by atoms with E-state index in [9.17, 15) is 0 Å². The van der Waals surface area contributed by atoms with Gasteiger partial charge >= 0.3 is 0 Å². The van der Waals surface area contributed by atoms with Crippen molar-refractivity contribution < 1.29 is 5.11 Å². The molecule has 1 aromatic rings. The van der Waals surface area contributed by atoms with E-state index in [0.29, 0.717) is 0 Å². The average molecular weight is 188 g/mol. The minimum atomic E-state index is 0.138. The largest absolute Gasteiger partial charge is 0.392 e. The van der Waals surface area contributed by atoms with Crippen LogP contribution in [0.5, 0.6) is 0 Å². The molecule has 0 heterocycles. The van der Waals surface area contributed by atoms with E-state index >= 15 is 0 Å². The maximum atomic E-state index is 8.92. The fraction of sp³-hybridized carbons (Fsp3) is 0.385. The molecule has 1 N–H and O–H groups in total. The first-order valence-corrected chi connectivity index (χ1v) is 5.29. The Bertz CT molecular complexity index is 322. The number of aliphatic hydroxyl groups excluding tert-OH is 1. The van der Waals surface area contributed by atoms with E-state index < -0.39 is 0 Å². The Morgan fingerprint density at radius 2 is 1.86 bits per heavy atom. The van der Waals surface area contributed by atoms with Gasteiger partial charge in [0.05, 0.1) is 6.61 Å². The summed E-state index contributed by atoms with van der Waals surface area (Å²) in [5.41, 5.74) is 3.78. The van der Waals surface area contributed by atoms with Gasteiger partial charge in [0.25, 0.3) is 0 Å². The molecular formula is C13H16O. The summed E-state index contributed by atoms with van der Waals surface area (Å²) >= 11 is 0. The molecule has 1 nitrogen and oxygen atoms in total. The third-order valence-corrected chi connectivity index (χ3v) is 2.80. The molecular weight excluding hydrogens is 172 g/mol. The highest BCUT2D eigenvalue weighted by molar-refractivity contribution is 5.66. The summed E-state index contributed by atoms with van der Waals surface area (Å²) in [6.07, 6.45) is 7.42. The van der Waals surface area contributed by atoms with Crippen molar-refractivity contribution in [2.45, 2.75) is 32.3 Å². The van der Waals surface area contributed by atoms with E-state index in [1.165, 1.54) is 36.8 Å². The summed E-state index contributed by atoms with van der Waals surface area (Å²) in [6.45, 7) is 0.138. The minimum absolute atomic E-state index is 0.138. The van der Waals surface area contributed by atoms with Crippen LogP contribution in [0.15, 0.2) is 30.3 Å². The molecule has 0 amide bonds. The molecule has 2 rings (SSSR count). The summed E-state index contributed by atoms with van der Waals surface area (Å²) in [7, 11) is 0. The third-order valence-electron chi connectivity index (χ3n) is 2.80. The minimum Gasteiger partial charge on any atom is -0.392 e. The van der Waals surface area contributed by atoms with Gasteiger partial charge in [-0.1, -0.05) is 30.3 Å². The summed E-state index contributed by atoms with van der Waals surface area (Å²) in [6, 6.07) is 8.24. The highest BCUT2D eigenvalue weighted by atomic mass is 16.3. The number of aliphatic hydroxyl groups is 1. The predicted molar refractivity (Wildman–Crippen MR) is 58.8 cm³/mol. The molecule has 0 saturated carbocycles. The zero-order chi connectivity index (χ0) is 9.80. The highest BCUT2D eigenvalue weighted by Crippen LogP contribution is 2.26. The second kappa shape index (κ2) is 4.43. The molecule has 0 unspecified atom stereocenters. The lowest BCUT2D eigenvalue weighted by Crippen LogP contribution is -1.92. The Hall–Kier alpha value is -1.08. The summed E-state index contributed by atoms with van der Waals surface area (Å²) in [5, 5.41) is 8.92. The Balaban J connectivity index is 2.19. The molecule has 1 aliphatic rings. The standard InChI is InChI=1S/C13H16O/c14-10-11-6-8-13(9-7-11)12-4-2-1-3-5-12/h4,6-9,14H,1-3,5,10H2. The molecule has 1 aromatic carbocycles. The molecule has 0 fully saturated rings. The van der Waals surface area contributed by atoms with Gasteiger partial charge < -0.3 is 5.11 Å². The van der Waals surface area contributed by atoms with Gasteiger partial charge in [-0.3, -0.25) is 0 Å². The second-order valence-corrected chi connectivity index (χ2v) is 3.83. The molecule has 1 heteroatoms. The maximum absolute atomic E-state index is 8.92. The summed E-state index contributed by atoms with van der Waals surface area (Å²) in [4.78, 5) is 0. The average Bonchev–Trinajstić information content (AvgIpc) is 2.30. The van der Waals surface area contributed by atoms with Crippen molar-refractivity contribution in [2.75, 3.05) is 0 Å². The SMILES string of the molecule is OCc1ccc(C2=CCCCC2)cc1. The van der Waals surface area contributed by atoms with Crippen LogP contribution in [0.3, 0.4) is 0 Å². The molecule has 0 spiro atoms. The van der Waals surface area contributed by atoms with Crippen molar-refractivity contribution in [3.63, 3.8) is 0 Å². The first-order chi connectivity index (χ1) is 6.90. The van der Waals surface area contributed by atoms with Crippen LogP contribution in [0.4, 0.5) is 0 Å². The van der Waals surface area contributed by atoms with Crippen LogP contribution < -0.4 is 0 Å². The van der Waals surface area contributed by atoms with E-state index in [1.807, 2.05) is 12.1 Å². The molecule has 1 aliphatic carbocycles. The quantitative estimate of drug-likeness (QED) is 0.756. The second-order valence-electron chi connectivity index (χ2n) is 3.83. The smallest absolute Gasteiger partial charge is 0.0681 e. The van der Waals surface area contributed by atoms with E-state index in [1.54, 1.807) is 0 Å². The van der Waals surface area contributed by atoms with Gasteiger partial charge in [-0.15, -0.1) is 0 Å². The molecule has 0 atom stereocenters. The van der Waals surface area contributed by atoms with E-state index in [0.717, 1.165) is 5.56 Å². The number of hydrogen-bond acceptors (Lipinski definition) is 1. The van der Waals surface area contributed by atoms with Gasteiger partial charge in [-0.2, -0.15) is 0 Å². The first kappa shape index (κ1) is 9.47. The van der Waals surface area contributed by atoms with E-state index in [-0.39, 0.29) is 6.61 Å². The number of rotatable bonds is 2. The predicted octanol–water partition coefficient (Wildman–Crippen LogP) is 3.14. The first-order valence-electron chi connectivity index (χ1n) is 5.29. The van der Waals surface area contributed by atoms with Crippen molar-refractivity contribution in [2.24, 2.45) is 0 Å². The molecule has 0 bridgehead atoms. The molecule has 0 saturated heterocycles. The maximum Gasteiger partial charge on any atom is 0.0681 e. The van der Waals surface area contributed by atoms with Crippen molar-refractivity contribution in [3.05, 3.63) is 41.5 Å². The molecule has 74 valence electrons. The van der Waals surface area contributed by atoms with Gasteiger partial charge in [-0.05, 0) is 42.4 Å². The lowest BCUT2D eigenvalue weighted by atomic mass is 9.93. The van der Waals surface area contributed by atoms with Crippen molar-refractivity contribution in [3.8, 4) is 0 Å². The lowest BCUT2D eigenvalue weighted by molar-refractivity contribution is 0.282. The van der Waals surface area contributed by atoms with E-state index in [4.69, 9.17) is 5.11 Å². The van der Waals surface area contributed by atoms with Gasteiger partial charge in [0.15, 0.2) is 0 Å². The Morgan fingerprint density at radius 1 is 1.07 bits per heavy atom. The van der Waals surface area contributed by atoms with Crippen LogP contribution in [-0.2, 0) is 6.61 Å². The Kier molecular flexibility index (Phi) is 3.00. The lowest BCUT2D eigenvalue weighted by Gasteiger charge is -2.12. The van der Waals surface area contributed by atoms with Crippen molar-refractivity contribution in [1.82, 2.24) is 0 Å². The van der Waals surface area contributed by atoms with Gasteiger partial charge in [0.1, 0.15) is 0 Å². The van der Waals surface area contributed by atoms with Gasteiger partial charge in [0, 0.05) is 0 Å². The third kappa shape index (κ3) is 2.05. The van der Waals surface area contributed by atoms with Crippen LogP contribution in [0.25, 0.3) is 5.57 Å². The Labute approximate surface area is 85.1 Å². The zero-order valence-electron chi connectivity index (χ0n) is 8.37. The van der Waals surface area contributed by atoms with Crippen molar-refractivity contribution in [1.29, 1.82) is 0 Å². The summed E-state index contributed by atoms with van der Waals surface area (Å²) < 4.78 is 0. The molecule has 0 aromatic heterocycles. The van der Waals surface area contributed by atoms with Crippen LogP contribution in [0, 0.1) is 0 Å². The normalized spacial score (nSPS) is 16.5. The number of hydrogen-bond donors (Lipinski definition) is 1. The fourth-order valence-corrected chi connectivity index (χ4v) is 1.92. The Morgan fingerprint density at radius 3 is 2.43 bits per heavy atom. The topological polar surface area (TPSA) is 20.2 Å². The van der Waals surface area contributed by atoms with Crippen molar-refractivity contribution >= 4 is 5.57 Å². The molecule has 0 radical (unpaired) electrons. The molecule has 0 aliphatic heterocycles.